The molecule has 6 heteroatoms. The van der Waals surface area contributed by atoms with Crippen LogP contribution in [0.15, 0.2) is 48.5 Å². The molecule has 0 saturated heterocycles. The third kappa shape index (κ3) is 5.62. The Morgan fingerprint density at radius 1 is 1.00 bits per heavy atom. The summed E-state index contributed by atoms with van der Waals surface area (Å²) in [5.41, 5.74) is 2.48. The number of nitrogens with one attached hydrogen (secondary N) is 2. The van der Waals surface area contributed by atoms with Crippen molar-refractivity contribution in [2.24, 2.45) is 5.92 Å². The number of rotatable bonds is 8. The molecule has 0 radical (unpaired) electrons. The Labute approximate surface area is 160 Å². The standard InChI is InChI=1S/C21H27N3O3/c1-14(2)16-9-11-17(12-10-16)21(15(3)4)22-13-20(25)23-18-7-5-6-8-19(18)24(26)27/h5-12,14-15,21-22H,13H2,1-4H3,(H,23,25)/t21-/m1/s1. The van der Waals surface area contributed by atoms with Gasteiger partial charge >= 0.3 is 0 Å². The lowest BCUT2D eigenvalue weighted by atomic mass is 9.93. The Morgan fingerprint density at radius 2 is 1.59 bits per heavy atom. The molecular weight excluding hydrogens is 342 g/mol. The maximum atomic E-state index is 12.3. The first-order chi connectivity index (χ1) is 12.8. The summed E-state index contributed by atoms with van der Waals surface area (Å²) >= 11 is 0. The van der Waals surface area contributed by atoms with E-state index in [1.807, 2.05) is 0 Å². The molecule has 1 amide bonds. The number of amides is 1. The summed E-state index contributed by atoms with van der Waals surface area (Å²) in [4.78, 5) is 22.8. The van der Waals surface area contributed by atoms with E-state index in [4.69, 9.17) is 0 Å². The summed E-state index contributed by atoms with van der Waals surface area (Å²) in [5.74, 6) is 0.444. The molecule has 2 aromatic rings. The van der Waals surface area contributed by atoms with E-state index in [1.165, 1.54) is 17.7 Å². The minimum atomic E-state index is -0.504. The van der Waals surface area contributed by atoms with Crippen molar-refractivity contribution in [2.75, 3.05) is 11.9 Å². The average molecular weight is 369 g/mol. The molecular formula is C21H27N3O3. The zero-order chi connectivity index (χ0) is 20.0. The molecule has 144 valence electrons. The summed E-state index contributed by atoms with van der Waals surface area (Å²) in [5, 5.41) is 16.9. The molecule has 0 saturated carbocycles. The Hall–Kier alpha value is -2.73. The highest BCUT2D eigenvalue weighted by Crippen LogP contribution is 2.25. The van der Waals surface area contributed by atoms with E-state index < -0.39 is 4.92 Å². The summed E-state index contributed by atoms with van der Waals surface area (Å²) in [6.07, 6.45) is 0. The minimum Gasteiger partial charge on any atom is -0.319 e. The van der Waals surface area contributed by atoms with Gasteiger partial charge in [0.15, 0.2) is 0 Å². The molecule has 0 bridgehead atoms. The van der Waals surface area contributed by atoms with Crippen LogP contribution in [0.3, 0.4) is 0 Å². The lowest BCUT2D eigenvalue weighted by molar-refractivity contribution is -0.383. The van der Waals surface area contributed by atoms with E-state index in [1.54, 1.807) is 12.1 Å². The van der Waals surface area contributed by atoms with Crippen molar-refractivity contribution in [1.29, 1.82) is 0 Å². The molecule has 0 aromatic heterocycles. The van der Waals surface area contributed by atoms with Crippen molar-refractivity contribution >= 4 is 17.3 Å². The molecule has 27 heavy (non-hydrogen) atoms. The first-order valence-electron chi connectivity index (χ1n) is 9.16. The predicted octanol–water partition coefficient (Wildman–Crippen LogP) is 4.64. The fourth-order valence-electron chi connectivity index (χ4n) is 2.96. The topological polar surface area (TPSA) is 84.3 Å². The zero-order valence-corrected chi connectivity index (χ0v) is 16.2. The fourth-order valence-corrected chi connectivity index (χ4v) is 2.96. The van der Waals surface area contributed by atoms with Gasteiger partial charge in [0.1, 0.15) is 5.69 Å². The van der Waals surface area contributed by atoms with Gasteiger partial charge in [-0.1, -0.05) is 64.1 Å². The number of carbonyl (C=O) groups is 1. The first kappa shape index (κ1) is 20.6. The Morgan fingerprint density at radius 3 is 2.15 bits per heavy atom. The molecule has 0 spiro atoms. The van der Waals surface area contributed by atoms with E-state index in [-0.39, 0.29) is 35.8 Å². The quantitative estimate of drug-likeness (QED) is 0.524. The second kappa shape index (κ2) is 9.28. The molecule has 0 fully saturated rings. The number of anilines is 1. The number of nitrogens with zero attached hydrogens (tertiary/aromatic N) is 1. The van der Waals surface area contributed by atoms with Crippen LogP contribution in [0, 0.1) is 16.0 Å². The molecule has 0 heterocycles. The van der Waals surface area contributed by atoms with Crippen LogP contribution in [0.4, 0.5) is 11.4 Å². The van der Waals surface area contributed by atoms with Gasteiger partial charge in [0.2, 0.25) is 5.91 Å². The molecule has 0 aliphatic rings. The average Bonchev–Trinajstić information content (AvgIpc) is 2.62. The van der Waals surface area contributed by atoms with Gasteiger partial charge in [0.25, 0.3) is 5.69 Å². The minimum absolute atomic E-state index is 0.0164. The Balaban J connectivity index is 2.03. The zero-order valence-electron chi connectivity index (χ0n) is 16.2. The van der Waals surface area contributed by atoms with Crippen LogP contribution < -0.4 is 10.6 Å². The lowest BCUT2D eigenvalue weighted by Crippen LogP contribution is -2.33. The maximum absolute atomic E-state index is 12.3. The van der Waals surface area contributed by atoms with Gasteiger partial charge in [-0.15, -0.1) is 0 Å². The molecule has 2 rings (SSSR count). The van der Waals surface area contributed by atoms with Crippen molar-refractivity contribution in [3.63, 3.8) is 0 Å². The van der Waals surface area contributed by atoms with Gasteiger partial charge in [0, 0.05) is 12.1 Å². The van der Waals surface area contributed by atoms with Crippen LogP contribution in [0.1, 0.15) is 50.8 Å². The van der Waals surface area contributed by atoms with Gasteiger partial charge in [-0.3, -0.25) is 14.9 Å². The summed E-state index contributed by atoms with van der Waals surface area (Å²) in [6.45, 7) is 8.56. The lowest BCUT2D eigenvalue weighted by Gasteiger charge is -2.23. The van der Waals surface area contributed by atoms with Gasteiger partial charge in [0.05, 0.1) is 11.5 Å². The van der Waals surface area contributed by atoms with E-state index in [0.29, 0.717) is 5.92 Å². The number of para-hydroxylation sites is 2. The monoisotopic (exact) mass is 369 g/mol. The number of hydrogen-bond donors (Lipinski definition) is 2. The molecule has 6 nitrogen and oxygen atoms in total. The van der Waals surface area contributed by atoms with E-state index in [2.05, 4.69) is 62.6 Å². The largest absolute Gasteiger partial charge is 0.319 e. The van der Waals surface area contributed by atoms with Crippen LogP contribution in [0.5, 0.6) is 0 Å². The van der Waals surface area contributed by atoms with Crippen LogP contribution in [-0.4, -0.2) is 17.4 Å². The van der Waals surface area contributed by atoms with E-state index in [9.17, 15) is 14.9 Å². The normalized spacial score (nSPS) is 12.2. The molecule has 2 aromatic carbocycles. The number of nitro groups is 1. The summed E-state index contributed by atoms with van der Waals surface area (Å²) < 4.78 is 0. The smallest absolute Gasteiger partial charge is 0.292 e. The molecule has 0 unspecified atom stereocenters. The highest BCUT2D eigenvalue weighted by atomic mass is 16.6. The third-order valence-corrected chi connectivity index (χ3v) is 4.49. The van der Waals surface area contributed by atoms with Crippen LogP contribution in [0.25, 0.3) is 0 Å². The second-order valence-corrected chi connectivity index (χ2v) is 7.25. The van der Waals surface area contributed by atoms with Gasteiger partial charge < -0.3 is 10.6 Å². The first-order valence-corrected chi connectivity index (χ1v) is 9.16. The number of carbonyl (C=O) groups excluding carboxylic acids is 1. The maximum Gasteiger partial charge on any atom is 0.292 e. The van der Waals surface area contributed by atoms with Gasteiger partial charge in [-0.25, -0.2) is 0 Å². The predicted molar refractivity (Wildman–Crippen MR) is 108 cm³/mol. The third-order valence-electron chi connectivity index (χ3n) is 4.49. The van der Waals surface area contributed by atoms with Crippen LogP contribution >= 0.6 is 0 Å². The van der Waals surface area contributed by atoms with Crippen molar-refractivity contribution in [2.45, 2.75) is 39.7 Å². The van der Waals surface area contributed by atoms with Crippen molar-refractivity contribution in [1.82, 2.24) is 5.32 Å². The Kier molecular flexibility index (Phi) is 7.07. The molecule has 0 aliphatic carbocycles. The van der Waals surface area contributed by atoms with Crippen molar-refractivity contribution in [3.8, 4) is 0 Å². The Bertz CT molecular complexity index is 786. The fraction of sp³-hybridized carbons (Fsp3) is 0.381. The number of benzene rings is 2. The summed E-state index contributed by atoms with van der Waals surface area (Å²) in [6, 6.07) is 14.6. The number of nitro benzene ring substituents is 1. The molecule has 1 atom stereocenters. The van der Waals surface area contributed by atoms with E-state index in [0.717, 1.165) is 5.56 Å². The van der Waals surface area contributed by atoms with Crippen LogP contribution in [-0.2, 0) is 4.79 Å². The molecule has 0 aliphatic heterocycles. The molecule has 2 N–H and O–H groups in total. The van der Waals surface area contributed by atoms with Crippen molar-refractivity contribution in [3.05, 3.63) is 69.8 Å². The summed E-state index contributed by atoms with van der Waals surface area (Å²) in [7, 11) is 0. The van der Waals surface area contributed by atoms with Gasteiger partial charge in [-0.05, 0) is 29.0 Å². The second-order valence-electron chi connectivity index (χ2n) is 7.25. The number of hydrogen-bond acceptors (Lipinski definition) is 4. The highest BCUT2D eigenvalue weighted by molar-refractivity contribution is 5.94. The SMILES string of the molecule is CC(C)c1ccc([C@H](NCC(=O)Nc2ccccc2[N+](=O)[O-])C(C)C)cc1. The van der Waals surface area contributed by atoms with Crippen molar-refractivity contribution < 1.29 is 9.72 Å². The highest BCUT2D eigenvalue weighted by Gasteiger charge is 2.19. The van der Waals surface area contributed by atoms with Crippen LogP contribution in [0.2, 0.25) is 0 Å². The van der Waals surface area contributed by atoms with Gasteiger partial charge in [-0.2, -0.15) is 0 Å². The van der Waals surface area contributed by atoms with E-state index >= 15 is 0 Å².